The lowest BCUT2D eigenvalue weighted by atomic mass is 10.3. The summed E-state index contributed by atoms with van der Waals surface area (Å²) in [5.41, 5.74) is 5.80. The molecule has 0 aliphatic heterocycles. The van der Waals surface area contributed by atoms with E-state index in [1.165, 1.54) is 12.8 Å². The summed E-state index contributed by atoms with van der Waals surface area (Å²) in [6, 6.07) is 0. The minimum atomic E-state index is 0.628. The highest BCUT2D eigenvalue weighted by molar-refractivity contribution is 5.84. The van der Waals surface area contributed by atoms with E-state index in [4.69, 9.17) is 5.73 Å². The van der Waals surface area contributed by atoms with Crippen molar-refractivity contribution < 1.29 is 0 Å². The number of amidine groups is 1. The van der Waals surface area contributed by atoms with E-state index in [0.717, 1.165) is 38.4 Å². The van der Waals surface area contributed by atoms with E-state index in [9.17, 15) is 0 Å². The van der Waals surface area contributed by atoms with Crippen LogP contribution >= 0.6 is 0 Å². The van der Waals surface area contributed by atoms with Gasteiger partial charge in [0.25, 0.3) is 0 Å². The lowest BCUT2D eigenvalue weighted by Gasteiger charge is -2.16. The zero-order chi connectivity index (χ0) is 10.4. The minimum absolute atomic E-state index is 0.628. The van der Waals surface area contributed by atoms with Crippen LogP contribution in [0.15, 0.2) is 4.99 Å². The van der Waals surface area contributed by atoms with Gasteiger partial charge >= 0.3 is 0 Å². The summed E-state index contributed by atoms with van der Waals surface area (Å²) in [6.07, 6.45) is 3.64. The number of nitrogens with two attached hydrogens (primary N) is 1. The SMILES string of the molecule is CCN(CC)CCCN=C(N)C1CC1. The molecule has 1 rings (SSSR count). The Morgan fingerprint density at radius 1 is 1.36 bits per heavy atom. The molecule has 0 aromatic heterocycles. The Balaban J connectivity index is 2.05. The Kier molecular flexibility index (Phi) is 4.94. The quantitative estimate of drug-likeness (QED) is 0.381. The summed E-state index contributed by atoms with van der Waals surface area (Å²) in [5, 5.41) is 0. The van der Waals surface area contributed by atoms with Gasteiger partial charge in [0.2, 0.25) is 0 Å². The van der Waals surface area contributed by atoms with Crippen LogP contribution in [0.1, 0.15) is 33.1 Å². The summed E-state index contributed by atoms with van der Waals surface area (Å²) < 4.78 is 0. The first-order valence-corrected chi connectivity index (χ1v) is 5.80. The lowest BCUT2D eigenvalue weighted by Crippen LogP contribution is -2.24. The Bertz CT molecular complexity index is 181. The molecule has 0 atom stereocenters. The molecule has 82 valence electrons. The third-order valence-corrected chi connectivity index (χ3v) is 2.82. The van der Waals surface area contributed by atoms with Gasteiger partial charge in [-0.3, -0.25) is 4.99 Å². The second-order valence-corrected chi connectivity index (χ2v) is 3.96. The molecule has 1 aliphatic carbocycles. The molecular formula is C11H23N3. The zero-order valence-electron chi connectivity index (χ0n) is 9.50. The molecule has 0 unspecified atom stereocenters. The molecule has 2 N–H and O–H groups in total. The number of hydrogen-bond donors (Lipinski definition) is 1. The molecule has 0 amide bonds. The van der Waals surface area contributed by atoms with E-state index in [2.05, 4.69) is 23.7 Å². The summed E-state index contributed by atoms with van der Waals surface area (Å²) in [4.78, 5) is 6.81. The van der Waals surface area contributed by atoms with Crippen LogP contribution in [0.3, 0.4) is 0 Å². The first-order chi connectivity index (χ1) is 6.77. The summed E-state index contributed by atoms with van der Waals surface area (Å²) >= 11 is 0. The molecule has 0 heterocycles. The molecule has 3 nitrogen and oxygen atoms in total. The van der Waals surface area contributed by atoms with Gasteiger partial charge in [0, 0.05) is 12.5 Å². The highest BCUT2D eigenvalue weighted by Gasteiger charge is 2.24. The van der Waals surface area contributed by atoms with E-state index in [-0.39, 0.29) is 0 Å². The van der Waals surface area contributed by atoms with Crippen molar-refractivity contribution in [3.8, 4) is 0 Å². The number of rotatable bonds is 7. The molecule has 1 aliphatic rings. The van der Waals surface area contributed by atoms with Crippen molar-refractivity contribution in [3.05, 3.63) is 0 Å². The maximum Gasteiger partial charge on any atom is 0.0968 e. The Hall–Kier alpha value is -0.570. The van der Waals surface area contributed by atoms with Gasteiger partial charge < -0.3 is 10.6 Å². The van der Waals surface area contributed by atoms with Crippen LogP contribution in [0.25, 0.3) is 0 Å². The van der Waals surface area contributed by atoms with Gasteiger partial charge in [0.15, 0.2) is 0 Å². The molecule has 1 fully saturated rings. The molecule has 0 aromatic carbocycles. The predicted molar refractivity (Wildman–Crippen MR) is 61.6 cm³/mol. The molecule has 1 saturated carbocycles. The van der Waals surface area contributed by atoms with Gasteiger partial charge in [-0.05, 0) is 38.9 Å². The zero-order valence-corrected chi connectivity index (χ0v) is 9.50. The van der Waals surface area contributed by atoms with E-state index in [0.29, 0.717) is 5.92 Å². The van der Waals surface area contributed by atoms with Crippen molar-refractivity contribution in [1.29, 1.82) is 0 Å². The largest absolute Gasteiger partial charge is 0.387 e. The van der Waals surface area contributed by atoms with Crippen molar-refractivity contribution in [3.63, 3.8) is 0 Å². The summed E-state index contributed by atoms with van der Waals surface area (Å²) in [6.45, 7) is 8.72. The fourth-order valence-electron chi connectivity index (χ4n) is 1.55. The van der Waals surface area contributed by atoms with Crippen molar-refractivity contribution in [2.75, 3.05) is 26.2 Å². The molecule has 0 bridgehead atoms. The van der Waals surface area contributed by atoms with Crippen LogP contribution in [0.4, 0.5) is 0 Å². The molecule has 14 heavy (non-hydrogen) atoms. The number of aliphatic imine (C=N–C) groups is 1. The molecule has 3 heteroatoms. The second kappa shape index (κ2) is 6.02. The molecule has 0 radical (unpaired) electrons. The second-order valence-electron chi connectivity index (χ2n) is 3.96. The van der Waals surface area contributed by atoms with Gasteiger partial charge in [-0.15, -0.1) is 0 Å². The molecule has 0 saturated heterocycles. The van der Waals surface area contributed by atoms with Crippen molar-refractivity contribution in [2.24, 2.45) is 16.6 Å². The van der Waals surface area contributed by atoms with Crippen LogP contribution in [-0.4, -0.2) is 36.9 Å². The van der Waals surface area contributed by atoms with Gasteiger partial charge in [0.1, 0.15) is 0 Å². The Morgan fingerprint density at radius 3 is 2.50 bits per heavy atom. The highest BCUT2D eigenvalue weighted by Crippen LogP contribution is 2.28. The minimum Gasteiger partial charge on any atom is -0.387 e. The average Bonchev–Trinajstić information content (AvgIpc) is 3.01. The first kappa shape index (κ1) is 11.5. The van der Waals surface area contributed by atoms with Crippen molar-refractivity contribution in [1.82, 2.24) is 4.90 Å². The van der Waals surface area contributed by atoms with Crippen molar-refractivity contribution in [2.45, 2.75) is 33.1 Å². The molecular weight excluding hydrogens is 174 g/mol. The molecule has 0 spiro atoms. The predicted octanol–water partition coefficient (Wildman–Crippen LogP) is 1.49. The van der Waals surface area contributed by atoms with Crippen molar-refractivity contribution >= 4 is 5.84 Å². The average molecular weight is 197 g/mol. The number of hydrogen-bond acceptors (Lipinski definition) is 2. The maximum absolute atomic E-state index is 5.80. The van der Waals surface area contributed by atoms with Gasteiger partial charge in [0.05, 0.1) is 5.84 Å². The van der Waals surface area contributed by atoms with Crippen LogP contribution in [0.2, 0.25) is 0 Å². The third kappa shape index (κ3) is 4.09. The fourth-order valence-corrected chi connectivity index (χ4v) is 1.55. The lowest BCUT2D eigenvalue weighted by molar-refractivity contribution is 0.302. The van der Waals surface area contributed by atoms with E-state index in [1.54, 1.807) is 0 Å². The van der Waals surface area contributed by atoms with Gasteiger partial charge in [-0.2, -0.15) is 0 Å². The summed E-state index contributed by atoms with van der Waals surface area (Å²) in [5.74, 6) is 1.52. The van der Waals surface area contributed by atoms with Gasteiger partial charge in [-0.25, -0.2) is 0 Å². The maximum atomic E-state index is 5.80. The Morgan fingerprint density at radius 2 is 2.00 bits per heavy atom. The normalized spacial score (nSPS) is 17.8. The van der Waals surface area contributed by atoms with E-state index >= 15 is 0 Å². The van der Waals surface area contributed by atoms with E-state index in [1.807, 2.05) is 0 Å². The fraction of sp³-hybridized carbons (Fsp3) is 0.909. The third-order valence-electron chi connectivity index (χ3n) is 2.82. The van der Waals surface area contributed by atoms with Gasteiger partial charge in [-0.1, -0.05) is 13.8 Å². The van der Waals surface area contributed by atoms with Crippen LogP contribution in [-0.2, 0) is 0 Å². The van der Waals surface area contributed by atoms with Crippen LogP contribution in [0, 0.1) is 5.92 Å². The number of nitrogens with zero attached hydrogens (tertiary/aromatic N) is 2. The monoisotopic (exact) mass is 197 g/mol. The first-order valence-electron chi connectivity index (χ1n) is 5.80. The van der Waals surface area contributed by atoms with E-state index < -0.39 is 0 Å². The molecule has 0 aromatic rings. The topological polar surface area (TPSA) is 41.6 Å². The smallest absolute Gasteiger partial charge is 0.0968 e. The van der Waals surface area contributed by atoms with Crippen LogP contribution in [0.5, 0.6) is 0 Å². The summed E-state index contributed by atoms with van der Waals surface area (Å²) in [7, 11) is 0. The standard InChI is InChI=1S/C11H23N3/c1-3-14(4-2)9-5-8-13-11(12)10-6-7-10/h10H,3-9H2,1-2H3,(H2,12,13). The highest BCUT2D eigenvalue weighted by atomic mass is 15.1. The van der Waals surface area contributed by atoms with Crippen LogP contribution < -0.4 is 5.73 Å². The Labute approximate surface area is 87.4 Å².